The van der Waals surface area contributed by atoms with Gasteiger partial charge in [0.15, 0.2) is 0 Å². The van der Waals surface area contributed by atoms with Crippen molar-refractivity contribution in [3.63, 3.8) is 0 Å². The van der Waals surface area contributed by atoms with Crippen LogP contribution in [0.25, 0.3) is 21.3 Å². The first kappa shape index (κ1) is 17.9. The summed E-state index contributed by atoms with van der Waals surface area (Å²) in [4.78, 5) is 31.1. The fourth-order valence-electron chi connectivity index (χ4n) is 3.83. The molecule has 0 radical (unpaired) electrons. The van der Waals surface area contributed by atoms with Gasteiger partial charge in [0.1, 0.15) is 11.4 Å². The van der Waals surface area contributed by atoms with Crippen molar-refractivity contribution < 1.29 is 9.53 Å². The van der Waals surface area contributed by atoms with Crippen molar-refractivity contribution in [1.82, 2.24) is 9.55 Å². The molecule has 5 nitrogen and oxygen atoms in total. The Morgan fingerprint density at radius 3 is 2.81 bits per heavy atom. The third-order valence-corrected chi connectivity index (χ3v) is 6.11. The van der Waals surface area contributed by atoms with Crippen LogP contribution < -0.4 is 5.56 Å². The second kappa shape index (κ2) is 7.27. The lowest BCUT2D eigenvalue weighted by atomic mass is 9.89. The number of nitrogens with zero attached hydrogens (tertiary/aromatic N) is 2. The predicted octanol–water partition coefficient (Wildman–Crippen LogP) is 3.88. The van der Waals surface area contributed by atoms with E-state index in [0.29, 0.717) is 16.8 Å². The van der Waals surface area contributed by atoms with Gasteiger partial charge in [-0.1, -0.05) is 18.2 Å². The third kappa shape index (κ3) is 3.30. The van der Waals surface area contributed by atoms with Crippen molar-refractivity contribution in [1.29, 1.82) is 0 Å². The van der Waals surface area contributed by atoms with Crippen LogP contribution in [0.4, 0.5) is 0 Å². The minimum atomic E-state index is -0.428. The van der Waals surface area contributed by atoms with Crippen LogP contribution in [0.1, 0.15) is 35.8 Å². The van der Waals surface area contributed by atoms with Gasteiger partial charge in [-0.05, 0) is 56.2 Å². The molecule has 27 heavy (non-hydrogen) atoms. The van der Waals surface area contributed by atoms with E-state index >= 15 is 0 Å². The molecule has 0 saturated carbocycles. The maximum Gasteiger partial charge on any atom is 0.326 e. The Morgan fingerprint density at radius 2 is 2.04 bits per heavy atom. The van der Waals surface area contributed by atoms with Crippen LogP contribution >= 0.6 is 11.3 Å². The molecule has 0 saturated heterocycles. The predicted molar refractivity (Wildman–Crippen MR) is 107 cm³/mol. The molecule has 1 aliphatic carbocycles. The molecule has 2 aromatic heterocycles. The number of fused-ring (bicyclic) bond motifs is 2. The second-order valence-electron chi connectivity index (χ2n) is 6.89. The highest BCUT2D eigenvalue weighted by atomic mass is 32.1. The van der Waals surface area contributed by atoms with E-state index in [9.17, 15) is 9.59 Å². The van der Waals surface area contributed by atoms with E-state index in [1.807, 2.05) is 6.92 Å². The number of esters is 1. The third-order valence-electron chi connectivity index (χ3n) is 5.10. The molecule has 0 atom stereocenters. The van der Waals surface area contributed by atoms with Gasteiger partial charge in [0.05, 0.1) is 18.3 Å². The Labute approximate surface area is 161 Å². The van der Waals surface area contributed by atoms with E-state index in [0.717, 1.165) is 28.8 Å². The molecule has 0 amide bonds. The average Bonchev–Trinajstić information content (AvgIpc) is 3.00. The summed E-state index contributed by atoms with van der Waals surface area (Å²) >= 11 is 1.52. The first-order valence-electron chi connectivity index (χ1n) is 9.34. The standard InChI is InChI=1S/C21H22N2O3S/c1-3-26-17(24)11-23-12-22-20-19(21(23)25)18(13(2)27-20)16-9-8-14-6-4-5-7-15(14)10-16/h8-10,12H,3-7,11H2,1-2H3. The zero-order valence-corrected chi connectivity index (χ0v) is 16.4. The molecule has 1 aliphatic rings. The maximum atomic E-state index is 13.1. The lowest BCUT2D eigenvalue weighted by molar-refractivity contribution is -0.143. The smallest absolute Gasteiger partial charge is 0.326 e. The number of hydrogen-bond donors (Lipinski definition) is 0. The zero-order chi connectivity index (χ0) is 19.0. The SMILES string of the molecule is CCOC(=O)Cn1cnc2sc(C)c(-c3ccc4c(c3)CCCC4)c2c1=O. The fourth-order valence-corrected chi connectivity index (χ4v) is 4.84. The quantitative estimate of drug-likeness (QED) is 0.643. The molecule has 6 heteroatoms. The molecule has 2 heterocycles. The van der Waals surface area contributed by atoms with E-state index in [1.54, 1.807) is 6.92 Å². The van der Waals surface area contributed by atoms with Gasteiger partial charge in [-0.3, -0.25) is 14.2 Å². The Morgan fingerprint density at radius 1 is 1.26 bits per heavy atom. The molecule has 0 unspecified atom stereocenters. The van der Waals surface area contributed by atoms with Crippen LogP contribution in [0.3, 0.4) is 0 Å². The highest BCUT2D eigenvalue weighted by Crippen LogP contribution is 2.37. The van der Waals surface area contributed by atoms with Gasteiger partial charge in [0.2, 0.25) is 0 Å². The summed E-state index contributed by atoms with van der Waals surface area (Å²) in [5.41, 5.74) is 4.62. The molecule has 3 aromatic rings. The van der Waals surface area contributed by atoms with Gasteiger partial charge in [0, 0.05) is 10.4 Å². The monoisotopic (exact) mass is 382 g/mol. The first-order chi connectivity index (χ1) is 13.1. The normalized spacial score (nSPS) is 13.6. The minimum Gasteiger partial charge on any atom is -0.465 e. The highest BCUT2D eigenvalue weighted by molar-refractivity contribution is 7.19. The van der Waals surface area contributed by atoms with Crippen LogP contribution in [0, 0.1) is 6.92 Å². The molecule has 4 rings (SSSR count). The van der Waals surface area contributed by atoms with Crippen LogP contribution in [0.5, 0.6) is 0 Å². The molecule has 140 valence electrons. The van der Waals surface area contributed by atoms with Crippen LogP contribution in [0.2, 0.25) is 0 Å². The van der Waals surface area contributed by atoms with Gasteiger partial charge in [-0.25, -0.2) is 4.98 Å². The molecule has 0 N–H and O–H groups in total. The van der Waals surface area contributed by atoms with Gasteiger partial charge in [-0.15, -0.1) is 11.3 Å². The summed E-state index contributed by atoms with van der Waals surface area (Å²) in [5.74, 6) is -0.428. The van der Waals surface area contributed by atoms with Crippen LogP contribution in [-0.2, 0) is 28.9 Å². The van der Waals surface area contributed by atoms with Crippen LogP contribution in [-0.4, -0.2) is 22.1 Å². The topological polar surface area (TPSA) is 61.2 Å². The number of aromatic nitrogens is 2. The van der Waals surface area contributed by atoms with Gasteiger partial charge in [-0.2, -0.15) is 0 Å². The summed E-state index contributed by atoms with van der Waals surface area (Å²) in [7, 11) is 0. The Balaban J connectivity index is 1.84. The molecular formula is C21H22N2O3S. The van der Waals surface area contributed by atoms with Crippen molar-refractivity contribution in [2.24, 2.45) is 0 Å². The van der Waals surface area contributed by atoms with Gasteiger partial charge < -0.3 is 4.74 Å². The van der Waals surface area contributed by atoms with E-state index in [-0.39, 0.29) is 12.1 Å². The fraction of sp³-hybridized carbons (Fsp3) is 0.381. The number of carbonyl (C=O) groups is 1. The largest absolute Gasteiger partial charge is 0.465 e. The van der Waals surface area contributed by atoms with Crippen molar-refractivity contribution in [3.05, 3.63) is 50.9 Å². The molecule has 0 fully saturated rings. The summed E-state index contributed by atoms with van der Waals surface area (Å²) < 4.78 is 6.31. The van der Waals surface area contributed by atoms with Crippen molar-refractivity contribution in [2.75, 3.05) is 6.61 Å². The number of hydrogen-bond acceptors (Lipinski definition) is 5. The molecule has 0 spiro atoms. The van der Waals surface area contributed by atoms with Crippen LogP contribution in [0.15, 0.2) is 29.3 Å². The molecular weight excluding hydrogens is 360 g/mol. The summed E-state index contributed by atoms with van der Waals surface area (Å²) in [5, 5.41) is 0.597. The number of benzene rings is 1. The maximum absolute atomic E-state index is 13.1. The van der Waals surface area contributed by atoms with E-state index in [1.165, 1.54) is 46.2 Å². The van der Waals surface area contributed by atoms with Crippen molar-refractivity contribution in [3.8, 4) is 11.1 Å². The Kier molecular flexibility index (Phi) is 4.83. The van der Waals surface area contributed by atoms with Gasteiger partial charge in [0.25, 0.3) is 5.56 Å². The molecule has 0 bridgehead atoms. The number of thiophene rings is 1. The van der Waals surface area contributed by atoms with E-state index < -0.39 is 5.97 Å². The molecule has 0 aliphatic heterocycles. The lowest BCUT2D eigenvalue weighted by Crippen LogP contribution is -2.25. The lowest BCUT2D eigenvalue weighted by Gasteiger charge is -2.16. The van der Waals surface area contributed by atoms with Crippen molar-refractivity contribution in [2.45, 2.75) is 46.1 Å². The number of carbonyl (C=O) groups excluding carboxylic acids is 1. The van der Waals surface area contributed by atoms with E-state index in [4.69, 9.17) is 4.74 Å². The highest BCUT2D eigenvalue weighted by Gasteiger charge is 2.19. The summed E-state index contributed by atoms with van der Waals surface area (Å²) in [6, 6.07) is 6.53. The second-order valence-corrected chi connectivity index (χ2v) is 8.09. The van der Waals surface area contributed by atoms with E-state index in [2.05, 4.69) is 23.2 Å². The molecule has 1 aromatic carbocycles. The number of ether oxygens (including phenoxy) is 1. The number of aryl methyl sites for hydroxylation is 3. The average molecular weight is 382 g/mol. The van der Waals surface area contributed by atoms with Gasteiger partial charge >= 0.3 is 5.97 Å². The number of rotatable bonds is 4. The van der Waals surface area contributed by atoms with Crippen molar-refractivity contribution >= 4 is 27.5 Å². The first-order valence-corrected chi connectivity index (χ1v) is 10.2. The zero-order valence-electron chi connectivity index (χ0n) is 15.6. The Hall–Kier alpha value is -2.47. The minimum absolute atomic E-state index is 0.117. The summed E-state index contributed by atoms with van der Waals surface area (Å²) in [6.07, 6.45) is 6.12. The Bertz CT molecular complexity index is 1080. The summed E-state index contributed by atoms with van der Waals surface area (Å²) in [6.45, 7) is 3.95.